The molecule has 6 aromatic rings. The van der Waals surface area contributed by atoms with Gasteiger partial charge in [-0.1, -0.05) is 48.5 Å². The van der Waals surface area contributed by atoms with Crippen LogP contribution in [-0.4, -0.2) is 38.1 Å². The molecule has 2 aromatic heterocycles. The largest absolute Gasteiger partial charge is 0.494 e. The lowest BCUT2D eigenvalue weighted by Crippen LogP contribution is -2.25. The maximum atomic E-state index is 12.2. The first kappa shape index (κ1) is 30.5. The highest BCUT2D eigenvalue weighted by Gasteiger charge is 2.10. The monoisotopic (exact) mass is 616 g/mol. The van der Waals surface area contributed by atoms with Crippen molar-refractivity contribution in [2.24, 2.45) is 0 Å². The van der Waals surface area contributed by atoms with Crippen molar-refractivity contribution >= 4 is 33.4 Å². The number of nitrogens with one attached hydrogen (secondary N) is 2. The molecule has 0 saturated heterocycles. The van der Waals surface area contributed by atoms with Gasteiger partial charge in [0.25, 0.3) is 11.8 Å². The van der Waals surface area contributed by atoms with Gasteiger partial charge in [-0.15, -0.1) is 0 Å². The molecule has 2 amide bonds. The van der Waals surface area contributed by atoms with Gasteiger partial charge in [0.05, 0.1) is 25.7 Å². The Morgan fingerprint density at radius 1 is 0.565 bits per heavy atom. The molecular formula is C38H36N2O6. The predicted molar refractivity (Wildman–Crippen MR) is 178 cm³/mol. The lowest BCUT2D eigenvalue weighted by molar-refractivity contribution is 0.0919. The summed E-state index contributed by atoms with van der Waals surface area (Å²) in [6.45, 7) is 2.18. The summed E-state index contributed by atoms with van der Waals surface area (Å²) >= 11 is 0. The topological polar surface area (TPSA) is 103 Å². The Labute approximate surface area is 267 Å². The summed E-state index contributed by atoms with van der Waals surface area (Å²) < 4.78 is 22.5. The molecule has 0 bridgehead atoms. The van der Waals surface area contributed by atoms with Crippen molar-refractivity contribution in [2.45, 2.75) is 25.7 Å². The van der Waals surface area contributed by atoms with Crippen molar-refractivity contribution in [3.8, 4) is 11.5 Å². The molecular weight excluding hydrogens is 580 g/mol. The molecule has 0 unspecified atom stereocenters. The number of furan rings is 2. The zero-order chi connectivity index (χ0) is 31.6. The zero-order valence-electron chi connectivity index (χ0n) is 25.5. The summed E-state index contributed by atoms with van der Waals surface area (Å²) in [6.07, 6.45) is 6.09. The van der Waals surface area contributed by atoms with Crippen LogP contribution in [0.25, 0.3) is 21.5 Å². The molecule has 4 aromatic carbocycles. The maximum absolute atomic E-state index is 12.2. The standard InChI is InChI=1S/C38H36N2O6/c41-37(35-11-5-23-45-35)39-19-17-29-9-3-7-27-13-15-31(25-33(27)29)43-21-1-2-22-44-32-16-14-28-8-4-10-30(34(28)26-32)18-20-40-38(42)36-12-6-24-46-36/h3-16,23-26H,1-2,17-22H2,(H,39,41)(H,40,42). The number of carbonyl (C=O) groups is 2. The van der Waals surface area contributed by atoms with E-state index in [1.54, 1.807) is 24.3 Å². The number of amides is 2. The first-order valence-electron chi connectivity index (χ1n) is 15.6. The van der Waals surface area contributed by atoms with Crippen LogP contribution < -0.4 is 20.1 Å². The second-order valence-electron chi connectivity index (χ2n) is 11.0. The smallest absolute Gasteiger partial charge is 0.286 e. The quantitative estimate of drug-likeness (QED) is 0.117. The van der Waals surface area contributed by atoms with Gasteiger partial charge in [-0.3, -0.25) is 9.59 Å². The minimum absolute atomic E-state index is 0.215. The van der Waals surface area contributed by atoms with Gasteiger partial charge in [-0.05, 0) is 107 Å². The molecule has 0 aliphatic rings. The van der Waals surface area contributed by atoms with Crippen molar-refractivity contribution in [3.63, 3.8) is 0 Å². The van der Waals surface area contributed by atoms with E-state index in [2.05, 4.69) is 59.2 Å². The van der Waals surface area contributed by atoms with Gasteiger partial charge in [0.2, 0.25) is 0 Å². The van der Waals surface area contributed by atoms with Crippen molar-refractivity contribution in [1.29, 1.82) is 0 Å². The van der Waals surface area contributed by atoms with Crippen LogP contribution in [0.15, 0.2) is 118 Å². The molecule has 8 nitrogen and oxygen atoms in total. The van der Waals surface area contributed by atoms with Gasteiger partial charge >= 0.3 is 0 Å². The van der Waals surface area contributed by atoms with E-state index in [0.717, 1.165) is 57.0 Å². The average Bonchev–Trinajstić information content (AvgIpc) is 3.82. The first-order chi connectivity index (χ1) is 22.6. The first-order valence-corrected chi connectivity index (χ1v) is 15.6. The van der Waals surface area contributed by atoms with Gasteiger partial charge in [0.15, 0.2) is 11.5 Å². The van der Waals surface area contributed by atoms with Crippen LogP contribution in [0.2, 0.25) is 0 Å². The number of rotatable bonds is 15. The Morgan fingerprint density at radius 3 is 1.48 bits per heavy atom. The van der Waals surface area contributed by atoms with E-state index < -0.39 is 0 Å². The Bertz CT molecular complexity index is 1760. The fraction of sp³-hybridized carbons (Fsp3) is 0.211. The highest BCUT2D eigenvalue weighted by molar-refractivity contribution is 5.92. The normalized spacial score (nSPS) is 11.0. The molecule has 2 heterocycles. The molecule has 8 heteroatoms. The summed E-state index contributed by atoms with van der Waals surface area (Å²) in [5, 5.41) is 10.3. The molecule has 0 spiro atoms. The average molecular weight is 617 g/mol. The van der Waals surface area contributed by atoms with E-state index in [1.807, 2.05) is 24.3 Å². The van der Waals surface area contributed by atoms with E-state index in [9.17, 15) is 9.59 Å². The highest BCUT2D eigenvalue weighted by atomic mass is 16.5. The van der Waals surface area contributed by atoms with Gasteiger partial charge in [-0.25, -0.2) is 0 Å². The number of unbranched alkanes of at least 4 members (excludes halogenated alkanes) is 1. The minimum atomic E-state index is -0.215. The number of hydrogen-bond donors (Lipinski definition) is 2. The number of carbonyl (C=O) groups excluding carboxylic acids is 2. The maximum Gasteiger partial charge on any atom is 0.286 e. The molecule has 234 valence electrons. The van der Waals surface area contributed by atoms with E-state index >= 15 is 0 Å². The fourth-order valence-electron chi connectivity index (χ4n) is 5.44. The molecule has 0 aliphatic carbocycles. The van der Waals surface area contributed by atoms with Crippen LogP contribution >= 0.6 is 0 Å². The third-order valence-electron chi connectivity index (χ3n) is 7.81. The predicted octanol–water partition coefficient (Wildman–Crippen LogP) is 7.36. The Kier molecular flexibility index (Phi) is 9.95. The van der Waals surface area contributed by atoms with Crippen LogP contribution in [0.5, 0.6) is 11.5 Å². The summed E-state index contributed by atoms with van der Waals surface area (Å²) in [7, 11) is 0. The minimum Gasteiger partial charge on any atom is -0.494 e. The third-order valence-corrected chi connectivity index (χ3v) is 7.81. The second kappa shape index (κ2) is 15.0. The van der Waals surface area contributed by atoms with Gasteiger partial charge in [-0.2, -0.15) is 0 Å². The summed E-state index contributed by atoms with van der Waals surface area (Å²) in [5.41, 5.74) is 2.29. The molecule has 46 heavy (non-hydrogen) atoms. The van der Waals surface area contributed by atoms with Gasteiger partial charge in [0.1, 0.15) is 11.5 Å². The second-order valence-corrected chi connectivity index (χ2v) is 11.0. The molecule has 6 rings (SSSR count). The molecule has 0 saturated carbocycles. The number of hydrogen-bond acceptors (Lipinski definition) is 6. The zero-order valence-corrected chi connectivity index (χ0v) is 25.5. The van der Waals surface area contributed by atoms with E-state index in [4.69, 9.17) is 18.3 Å². The third kappa shape index (κ3) is 7.77. The molecule has 0 atom stereocenters. The molecule has 2 N–H and O–H groups in total. The van der Waals surface area contributed by atoms with E-state index in [0.29, 0.717) is 50.7 Å². The van der Waals surface area contributed by atoms with E-state index in [1.165, 1.54) is 12.5 Å². The van der Waals surface area contributed by atoms with Crippen molar-refractivity contribution in [1.82, 2.24) is 10.6 Å². The molecule has 0 radical (unpaired) electrons. The van der Waals surface area contributed by atoms with Crippen molar-refractivity contribution in [2.75, 3.05) is 26.3 Å². The SMILES string of the molecule is O=C(NCCc1cccc2ccc(OCCCCOc3ccc4cccc(CCNC(=O)c5ccco5)c4c3)cc12)c1ccco1. The number of benzene rings is 4. The van der Waals surface area contributed by atoms with Gasteiger partial charge in [0, 0.05) is 13.1 Å². The van der Waals surface area contributed by atoms with Crippen LogP contribution in [0.4, 0.5) is 0 Å². The van der Waals surface area contributed by atoms with Crippen molar-refractivity contribution < 1.29 is 27.9 Å². The number of fused-ring (bicyclic) bond motifs is 2. The van der Waals surface area contributed by atoms with Gasteiger partial charge < -0.3 is 28.9 Å². The summed E-state index contributed by atoms with van der Waals surface area (Å²) in [4.78, 5) is 24.4. The van der Waals surface area contributed by atoms with E-state index in [-0.39, 0.29) is 11.8 Å². The number of ether oxygens (including phenoxy) is 2. The van der Waals surface area contributed by atoms with Crippen molar-refractivity contribution in [3.05, 3.63) is 132 Å². The van der Waals surface area contributed by atoms with Crippen LogP contribution in [-0.2, 0) is 12.8 Å². The van der Waals surface area contributed by atoms with Crippen LogP contribution in [0.1, 0.15) is 45.1 Å². The fourth-order valence-corrected chi connectivity index (χ4v) is 5.44. The molecule has 0 fully saturated rings. The Hall–Kier alpha value is -5.50. The lowest BCUT2D eigenvalue weighted by atomic mass is 10.0. The Morgan fingerprint density at radius 2 is 1.04 bits per heavy atom. The van der Waals surface area contributed by atoms with Crippen LogP contribution in [0, 0.1) is 0 Å². The van der Waals surface area contributed by atoms with Crippen LogP contribution in [0.3, 0.4) is 0 Å². The lowest BCUT2D eigenvalue weighted by Gasteiger charge is -2.12. The highest BCUT2D eigenvalue weighted by Crippen LogP contribution is 2.26. The Balaban J connectivity index is 0.956. The molecule has 0 aliphatic heterocycles. The summed E-state index contributed by atoms with van der Waals surface area (Å²) in [6, 6.07) is 31.4. The summed E-state index contributed by atoms with van der Waals surface area (Å²) in [5.74, 6) is 1.84.